The summed E-state index contributed by atoms with van der Waals surface area (Å²) in [5.74, 6) is -1.04. The van der Waals surface area contributed by atoms with E-state index in [9.17, 15) is 14.4 Å². The first-order chi connectivity index (χ1) is 15.8. The summed E-state index contributed by atoms with van der Waals surface area (Å²) in [5.41, 5.74) is 2.50. The van der Waals surface area contributed by atoms with Crippen LogP contribution >= 0.6 is 23.2 Å². The van der Waals surface area contributed by atoms with E-state index in [0.29, 0.717) is 33.7 Å². The predicted molar refractivity (Wildman–Crippen MR) is 127 cm³/mol. The number of benzene rings is 3. The highest BCUT2D eigenvalue weighted by Crippen LogP contribution is 2.29. The normalized spacial score (nSPS) is 15.1. The fourth-order valence-corrected chi connectivity index (χ4v) is 3.66. The van der Waals surface area contributed by atoms with Gasteiger partial charge in [-0.3, -0.25) is 14.9 Å². The van der Waals surface area contributed by atoms with Crippen LogP contribution in [0.1, 0.15) is 16.7 Å². The first kappa shape index (κ1) is 22.6. The second-order valence-corrected chi connectivity index (χ2v) is 8.25. The second kappa shape index (κ2) is 9.48. The summed E-state index contributed by atoms with van der Waals surface area (Å²) < 4.78 is 5.76. The molecule has 0 unspecified atom stereocenters. The van der Waals surface area contributed by atoms with Crippen molar-refractivity contribution in [2.45, 2.75) is 13.5 Å². The topological polar surface area (TPSA) is 75.7 Å². The Kier molecular flexibility index (Phi) is 6.49. The number of urea groups is 1. The third-order valence-electron chi connectivity index (χ3n) is 4.94. The molecule has 3 aromatic rings. The number of aryl methyl sites for hydroxylation is 1. The SMILES string of the molecule is Cc1cccc(N2C(=O)NC(=O)/C(=C\c3ccc(OCc4ccc(Cl)cc4)c(Cl)c3)C2=O)c1. The molecule has 4 rings (SSSR count). The summed E-state index contributed by atoms with van der Waals surface area (Å²) in [6.07, 6.45) is 1.39. The van der Waals surface area contributed by atoms with Crippen molar-refractivity contribution < 1.29 is 19.1 Å². The average Bonchev–Trinajstić information content (AvgIpc) is 2.77. The molecule has 0 spiro atoms. The molecule has 8 heteroatoms. The van der Waals surface area contributed by atoms with Crippen molar-refractivity contribution in [3.63, 3.8) is 0 Å². The van der Waals surface area contributed by atoms with E-state index in [0.717, 1.165) is 16.0 Å². The number of halogens is 2. The molecular weight excluding hydrogens is 463 g/mol. The highest BCUT2D eigenvalue weighted by molar-refractivity contribution is 6.39. The Hall–Kier alpha value is -3.61. The molecule has 0 bridgehead atoms. The molecule has 0 aromatic heterocycles. The standard InChI is InChI=1S/C25H18Cl2N2O4/c1-15-3-2-4-19(11-15)29-24(31)20(23(30)28-25(29)32)12-17-7-10-22(21(27)13-17)33-14-16-5-8-18(26)9-6-16/h2-13H,14H2,1H3,(H,28,30,32)/b20-12+. The van der Waals surface area contributed by atoms with Crippen molar-refractivity contribution in [1.29, 1.82) is 0 Å². The number of carbonyl (C=O) groups is 3. The maximum Gasteiger partial charge on any atom is 0.335 e. The largest absolute Gasteiger partial charge is 0.487 e. The van der Waals surface area contributed by atoms with Crippen LogP contribution < -0.4 is 15.0 Å². The number of rotatable bonds is 5. The molecule has 0 atom stereocenters. The smallest absolute Gasteiger partial charge is 0.335 e. The van der Waals surface area contributed by atoms with E-state index in [4.69, 9.17) is 27.9 Å². The molecule has 0 saturated carbocycles. The summed E-state index contributed by atoms with van der Waals surface area (Å²) in [4.78, 5) is 38.7. The van der Waals surface area contributed by atoms with Crippen LogP contribution in [0.25, 0.3) is 6.08 Å². The van der Waals surface area contributed by atoms with E-state index < -0.39 is 17.8 Å². The summed E-state index contributed by atoms with van der Waals surface area (Å²) in [6.45, 7) is 2.14. The van der Waals surface area contributed by atoms with Gasteiger partial charge in [-0.05, 0) is 66.1 Å². The molecule has 1 aliphatic heterocycles. The quantitative estimate of drug-likeness (QED) is 0.383. The number of nitrogens with zero attached hydrogens (tertiary/aromatic N) is 1. The highest BCUT2D eigenvalue weighted by Gasteiger charge is 2.36. The first-order valence-electron chi connectivity index (χ1n) is 9.97. The second-order valence-electron chi connectivity index (χ2n) is 7.40. The lowest BCUT2D eigenvalue weighted by molar-refractivity contribution is -0.122. The minimum atomic E-state index is -0.795. The summed E-state index contributed by atoms with van der Waals surface area (Å²) in [5, 5.41) is 3.16. The van der Waals surface area contributed by atoms with E-state index in [-0.39, 0.29) is 5.57 Å². The van der Waals surface area contributed by atoms with E-state index in [1.165, 1.54) is 6.08 Å². The van der Waals surface area contributed by atoms with Gasteiger partial charge >= 0.3 is 6.03 Å². The van der Waals surface area contributed by atoms with Gasteiger partial charge in [0.2, 0.25) is 0 Å². The highest BCUT2D eigenvalue weighted by atomic mass is 35.5. The number of nitrogens with one attached hydrogen (secondary N) is 1. The minimum Gasteiger partial charge on any atom is -0.487 e. The summed E-state index contributed by atoms with van der Waals surface area (Å²) in [7, 11) is 0. The molecule has 33 heavy (non-hydrogen) atoms. The Morgan fingerprint density at radius 1 is 0.970 bits per heavy atom. The Morgan fingerprint density at radius 3 is 2.42 bits per heavy atom. The zero-order chi connectivity index (χ0) is 23.5. The zero-order valence-corrected chi connectivity index (χ0v) is 19.0. The van der Waals surface area contributed by atoms with Crippen LogP contribution in [0.2, 0.25) is 10.0 Å². The number of amides is 4. The van der Waals surface area contributed by atoms with Gasteiger partial charge in [-0.2, -0.15) is 0 Å². The molecule has 1 fully saturated rings. The van der Waals surface area contributed by atoms with E-state index in [1.54, 1.807) is 48.5 Å². The van der Waals surface area contributed by atoms with Crippen molar-refractivity contribution in [3.05, 3.63) is 99.0 Å². The van der Waals surface area contributed by atoms with Gasteiger partial charge in [-0.1, -0.05) is 53.5 Å². The van der Waals surface area contributed by atoms with Gasteiger partial charge in [-0.15, -0.1) is 0 Å². The fraction of sp³-hybridized carbons (Fsp3) is 0.0800. The van der Waals surface area contributed by atoms with Crippen molar-refractivity contribution in [1.82, 2.24) is 5.32 Å². The van der Waals surface area contributed by atoms with E-state index >= 15 is 0 Å². The number of barbiturate groups is 1. The Bertz CT molecular complexity index is 1290. The van der Waals surface area contributed by atoms with Gasteiger partial charge in [0.1, 0.15) is 17.9 Å². The van der Waals surface area contributed by atoms with Crippen molar-refractivity contribution in [2.24, 2.45) is 0 Å². The maximum atomic E-state index is 13.0. The molecule has 4 amide bonds. The lowest BCUT2D eigenvalue weighted by atomic mass is 10.1. The number of anilines is 1. The van der Waals surface area contributed by atoms with Crippen LogP contribution in [0.3, 0.4) is 0 Å². The maximum absolute atomic E-state index is 13.0. The van der Waals surface area contributed by atoms with Gasteiger partial charge in [0.05, 0.1) is 10.7 Å². The van der Waals surface area contributed by atoms with E-state index in [2.05, 4.69) is 5.32 Å². The predicted octanol–water partition coefficient (Wildman–Crippen LogP) is 5.55. The molecule has 1 saturated heterocycles. The monoisotopic (exact) mass is 480 g/mol. The Labute approximate surface area is 200 Å². The summed E-state index contributed by atoms with van der Waals surface area (Å²) >= 11 is 12.2. The van der Waals surface area contributed by atoms with Crippen LogP contribution in [0.5, 0.6) is 5.75 Å². The Morgan fingerprint density at radius 2 is 1.73 bits per heavy atom. The van der Waals surface area contributed by atoms with Crippen molar-refractivity contribution >= 4 is 52.8 Å². The number of hydrogen-bond donors (Lipinski definition) is 1. The molecule has 166 valence electrons. The lowest BCUT2D eigenvalue weighted by Gasteiger charge is -2.26. The number of ether oxygens (including phenoxy) is 1. The van der Waals surface area contributed by atoms with Crippen LogP contribution in [0, 0.1) is 6.92 Å². The van der Waals surface area contributed by atoms with Crippen LogP contribution in [0.4, 0.5) is 10.5 Å². The molecule has 6 nitrogen and oxygen atoms in total. The van der Waals surface area contributed by atoms with Gasteiger partial charge in [0, 0.05) is 5.02 Å². The third kappa shape index (κ3) is 5.08. The van der Waals surface area contributed by atoms with Crippen LogP contribution in [0.15, 0.2) is 72.3 Å². The molecular formula is C25H18Cl2N2O4. The van der Waals surface area contributed by atoms with Crippen molar-refractivity contribution in [2.75, 3.05) is 4.90 Å². The average molecular weight is 481 g/mol. The first-order valence-corrected chi connectivity index (χ1v) is 10.7. The van der Waals surface area contributed by atoms with E-state index in [1.807, 2.05) is 25.1 Å². The fourth-order valence-electron chi connectivity index (χ4n) is 3.29. The number of imide groups is 2. The van der Waals surface area contributed by atoms with Crippen LogP contribution in [-0.4, -0.2) is 17.8 Å². The number of carbonyl (C=O) groups excluding carboxylic acids is 3. The zero-order valence-electron chi connectivity index (χ0n) is 17.5. The molecule has 0 aliphatic carbocycles. The lowest BCUT2D eigenvalue weighted by Crippen LogP contribution is -2.54. The molecule has 0 radical (unpaired) electrons. The molecule has 1 N–H and O–H groups in total. The Balaban J connectivity index is 1.56. The van der Waals surface area contributed by atoms with Crippen molar-refractivity contribution in [3.8, 4) is 5.75 Å². The summed E-state index contributed by atoms with van der Waals surface area (Å²) in [6, 6.07) is 18.2. The minimum absolute atomic E-state index is 0.179. The molecule has 3 aromatic carbocycles. The van der Waals surface area contributed by atoms with Gasteiger partial charge in [-0.25, -0.2) is 9.69 Å². The van der Waals surface area contributed by atoms with Crippen LogP contribution in [-0.2, 0) is 16.2 Å². The number of hydrogen-bond acceptors (Lipinski definition) is 4. The van der Waals surface area contributed by atoms with Gasteiger partial charge in [0.15, 0.2) is 0 Å². The van der Waals surface area contributed by atoms with Gasteiger partial charge in [0.25, 0.3) is 11.8 Å². The third-order valence-corrected chi connectivity index (χ3v) is 5.48. The van der Waals surface area contributed by atoms with Gasteiger partial charge < -0.3 is 4.74 Å². The molecule has 1 heterocycles. The molecule has 1 aliphatic rings.